The molecule has 3 rings (SSSR count). The molecule has 2 heterocycles. The Kier molecular flexibility index (Phi) is 3.03. The third kappa shape index (κ3) is 1.89. The zero-order valence-corrected chi connectivity index (χ0v) is 11.1. The van der Waals surface area contributed by atoms with Crippen molar-refractivity contribution in [3.8, 4) is 0 Å². The Morgan fingerprint density at radius 2 is 1.80 bits per heavy atom. The molecule has 0 atom stereocenters. The van der Waals surface area contributed by atoms with Gasteiger partial charge in [0.2, 0.25) is 11.8 Å². The van der Waals surface area contributed by atoms with Crippen LogP contribution in [0, 0.1) is 12.0 Å². The maximum atomic E-state index is 12.7. The standard InChI is InChI=1S/C15H15N3O2/c1-16-11-2-4-12(5-3-11)18-13(19)10-15(14(18)20)6-8-17-9-7-15/h2-5,17H,6-10H2. The molecule has 2 saturated heterocycles. The van der Waals surface area contributed by atoms with Crippen LogP contribution in [0.2, 0.25) is 0 Å². The summed E-state index contributed by atoms with van der Waals surface area (Å²) in [6.45, 7) is 8.49. The highest BCUT2D eigenvalue weighted by atomic mass is 16.2. The van der Waals surface area contributed by atoms with Gasteiger partial charge in [0.15, 0.2) is 5.69 Å². The first kappa shape index (κ1) is 12.8. The molecular weight excluding hydrogens is 254 g/mol. The molecule has 1 spiro atoms. The van der Waals surface area contributed by atoms with E-state index >= 15 is 0 Å². The minimum Gasteiger partial charge on any atom is -0.317 e. The maximum absolute atomic E-state index is 12.7. The molecule has 2 aliphatic rings. The summed E-state index contributed by atoms with van der Waals surface area (Å²) < 4.78 is 0. The summed E-state index contributed by atoms with van der Waals surface area (Å²) in [5.74, 6) is -0.216. The number of carbonyl (C=O) groups excluding carboxylic acids is 2. The molecule has 2 amide bonds. The number of carbonyl (C=O) groups is 2. The molecule has 1 aromatic carbocycles. The summed E-state index contributed by atoms with van der Waals surface area (Å²) in [6.07, 6.45) is 1.74. The second kappa shape index (κ2) is 4.73. The molecule has 2 fully saturated rings. The second-order valence-corrected chi connectivity index (χ2v) is 5.37. The average Bonchev–Trinajstić information content (AvgIpc) is 2.71. The summed E-state index contributed by atoms with van der Waals surface area (Å²) in [5, 5.41) is 3.23. The molecule has 2 aliphatic heterocycles. The Morgan fingerprint density at radius 1 is 1.15 bits per heavy atom. The topological polar surface area (TPSA) is 53.8 Å². The summed E-state index contributed by atoms with van der Waals surface area (Å²) in [6, 6.07) is 6.61. The molecule has 0 unspecified atom stereocenters. The normalized spacial score (nSPS) is 21.2. The molecule has 0 radical (unpaired) electrons. The molecule has 0 aromatic heterocycles. The molecule has 20 heavy (non-hydrogen) atoms. The van der Waals surface area contributed by atoms with Crippen LogP contribution in [0.1, 0.15) is 19.3 Å². The number of nitrogens with zero attached hydrogens (tertiary/aromatic N) is 2. The largest absolute Gasteiger partial charge is 0.317 e. The van der Waals surface area contributed by atoms with Gasteiger partial charge in [-0.3, -0.25) is 14.5 Å². The number of piperidine rings is 1. The SMILES string of the molecule is [C-]#[N+]c1ccc(N2C(=O)CC3(CCNCC3)C2=O)cc1. The zero-order chi connectivity index (χ0) is 14.2. The Hall–Kier alpha value is -2.19. The summed E-state index contributed by atoms with van der Waals surface area (Å²) in [5.41, 5.74) is 0.563. The van der Waals surface area contributed by atoms with E-state index in [1.807, 2.05) is 0 Å². The Morgan fingerprint density at radius 3 is 2.40 bits per heavy atom. The highest BCUT2D eigenvalue weighted by Crippen LogP contribution is 2.42. The number of hydrogen-bond donors (Lipinski definition) is 1. The maximum Gasteiger partial charge on any atom is 0.240 e. The molecule has 0 saturated carbocycles. The van der Waals surface area contributed by atoms with E-state index in [4.69, 9.17) is 6.57 Å². The van der Waals surface area contributed by atoms with E-state index in [0.29, 0.717) is 30.6 Å². The van der Waals surface area contributed by atoms with Crippen molar-refractivity contribution in [2.45, 2.75) is 19.3 Å². The van der Waals surface area contributed by atoms with Crippen LogP contribution in [0.5, 0.6) is 0 Å². The smallest absolute Gasteiger partial charge is 0.240 e. The van der Waals surface area contributed by atoms with Crippen LogP contribution in [0.25, 0.3) is 4.85 Å². The molecular formula is C15H15N3O2. The van der Waals surface area contributed by atoms with Gasteiger partial charge in [-0.2, -0.15) is 0 Å². The van der Waals surface area contributed by atoms with Crippen LogP contribution in [0.4, 0.5) is 11.4 Å². The molecule has 102 valence electrons. The van der Waals surface area contributed by atoms with Gasteiger partial charge in [-0.25, -0.2) is 4.85 Å². The predicted molar refractivity (Wildman–Crippen MR) is 74.4 cm³/mol. The third-order valence-corrected chi connectivity index (χ3v) is 4.19. The van der Waals surface area contributed by atoms with E-state index in [-0.39, 0.29) is 11.8 Å². The van der Waals surface area contributed by atoms with Crippen molar-refractivity contribution in [3.63, 3.8) is 0 Å². The zero-order valence-electron chi connectivity index (χ0n) is 11.1. The van der Waals surface area contributed by atoms with Gasteiger partial charge in [0.05, 0.1) is 12.0 Å². The summed E-state index contributed by atoms with van der Waals surface area (Å²) in [4.78, 5) is 29.5. The van der Waals surface area contributed by atoms with Crippen LogP contribution in [-0.2, 0) is 9.59 Å². The van der Waals surface area contributed by atoms with Crippen molar-refractivity contribution in [2.24, 2.45) is 5.41 Å². The molecule has 5 nitrogen and oxygen atoms in total. The summed E-state index contributed by atoms with van der Waals surface area (Å²) in [7, 11) is 0. The van der Waals surface area contributed by atoms with E-state index in [1.165, 1.54) is 4.90 Å². The number of anilines is 1. The van der Waals surface area contributed by atoms with Crippen LogP contribution in [-0.4, -0.2) is 24.9 Å². The van der Waals surface area contributed by atoms with E-state index in [9.17, 15) is 9.59 Å². The molecule has 1 N–H and O–H groups in total. The van der Waals surface area contributed by atoms with Gasteiger partial charge in [-0.1, -0.05) is 12.1 Å². The van der Waals surface area contributed by atoms with Gasteiger partial charge in [0, 0.05) is 12.1 Å². The van der Waals surface area contributed by atoms with Crippen molar-refractivity contribution in [1.29, 1.82) is 0 Å². The lowest BCUT2D eigenvalue weighted by atomic mass is 9.77. The first-order valence-corrected chi connectivity index (χ1v) is 6.72. The van der Waals surface area contributed by atoms with E-state index < -0.39 is 5.41 Å². The lowest BCUT2D eigenvalue weighted by Crippen LogP contribution is -2.42. The van der Waals surface area contributed by atoms with E-state index in [0.717, 1.165) is 13.1 Å². The average molecular weight is 269 g/mol. The van der Waals surface area contributed by atoms with Crippen LogP contribution < -0.4 is 10.2 Å². The Balaban J connectivity index is 1.92. The van der Waals surface area contributed by atoms with Gasteiger partial charge in [-0.15, -0.1) is 0 Å². The highest BCUT2D eigenvalue weighted by Gasteiger charge is 2.52. The van der Waals surface area contributed by atoms with Gasteiger partial charge < -0.3 is 5.32 Å². The second-order valence-electron chi connectivity index (χ2n) is 5.37. The van der Waals surface area contributed by atoms with Gasteiger partial charge in [0.1, 0.15) is 0 Å². The number of imide groups is 1. The number of benzene rings is 1. The van der Waals surface area contributed by atoms with Crippen LogP contribution in [0.3, 0.4) is 0 Å². The van der Waals surface area contributed by atoms with Crippen LogP contribution in [0.15, 0.2) is 24.3 Å². The molecule has 1 aromatic rings. The Labute approximate surface area is 117 Å². The lowest BCUT2D eigenvalue weighted by molar-refractivity contribution is -0.126. The first-order valence-electron chi connectivity index (χ1n) is 6.72. The van der Waals surface area contributed by atoms with Gasteiger partial charge in [-0.05, 0) is 38.1 Å². The first-order chi connectivity index (χ1) is 9.66. The summed E-state index contributed by atoms with van der Waals surface area (Å²) >= 11 is 0. The number of amides is 2. The van der Waals surface area contributed by atoms with Crippen LogP contribution >= 0.6 is 0 Å². The predicted octanol–water partition coefficient (Wildman–Crippen LogP) is 1.87. The van der Waals surface area contributed by atoms with E-state index in [1.54, 1.807) is 24.3 Å². The number of nitrogens with one attached hydrogen (secondary N) is 1. The minimum atomic E-state index is -0.513. The fourth-order valence-electron chi connectivity index (χ4n) is 3.03. The van der Waals surface area contributed by atoms with Crippen molar-refractivity contribution in [1.82, 2.24) is 5.32 Å². The van der Waals surface area contributed by atoms with Crippen molar-refractivity contribution in [3.05, 3.63) is 35.7 Å². The number of hydrogen-bond acceptors (Lipinski definition) is 3. The van der Waals surface area contributed by atoms with Crippen molar-refractivity contribution in [2.75, 3.05) is 18.0 Å². The van der Waals surface area contributed by atoms with E-state index in [2.05, 4.69) is 10.2 Å². The van der Waals surface area contributed by atoms with Gasteiger partial charge in [0.25, 0.3) is 0 Å². The van der Waals surface area contributed by atoms with Crippen molar-refractivity contribution >= 4 is 23.2 Å². The fraction of sp³-hybridized carbons (Fsp3) is 0.400. The number of rotatable bonds is 1. The highest BCUT2D eigenvalue weighted by molar-refractivity contribution is 6.22. The molecule has 0 aliphatic carbocycles. The minimum absolute atomic E-state index is 0.0837. The quantitative estimate of drug-likeness (QED) is 0.625. The fourth-order valence-corrected chi connectivity index (χ4v) is 3.03. The van der Waals surface area contributed by atoms with Gasteiger partial charge >= 0.3 is 0 Å². The monoisotopic (exact) mass is 269 g/mol. The molecule has 0 bridgehead atoms. The third-order valence-electron chi connectivity index (χ3n) is 4.19. The molecule has 5 heteroatoms. The Bertz CT molecular complexity index is 595. The lowest BCUT2D eigenvalue weighted by Gasteiger charge is -2.31. The van der Waals surface area contributed by atoms with Crippen molar-refractivity contribution < 1.29 is 9.59 Å².